The quantitative estimate of drug-likeness (QED) is 0.802. The minimum absolute atomic E-state index is 0.245. The van der Waals surface area contributed by atoms with Crippen molar-refractivity contribution in [1.29, 1.82) is 0 Å². The van der Waals surface area contributed by atoms with Gasteiger partial charge in [0.15, 0.2) is 0 Å². The van der Waals surface area contributed by atoms with Gasteiger partial charge in [-0.25, -0.2) is 0 Å². The third kappa shape index (κ3) is 4.27. The molecule has 2 aliphatic carbocycles. The molecule has 0 spiro atoms. The van der Waals surface area contributed by atoms with Crippen molar-refractivity contribution in [3.8, 4) is 0 Å². The van der Waals surface area contributed by atoms with Gasteiger partial charge >= 0.3 is 0 Å². The van der Waals surface area contributed by atoms with Crippen molar-refractivity contribution in [1.82, 2.24) is 9.80 Å². The monoisotopic (exact) mass is 320 g/mol. The van der Waals surface area contributed by atoms with Gasteiger partial charge in [-0.05, 0) is 43.9 Å². The SMILES string of the molecule is CC1CC[C@H](C(=O)N2CCN(C(=O)CC3CCCCC3)CC2)C1. The first kappa shape index (κ1) is 16.8. The van der Waals surface area contributed by atoms with Gasteiger partial charge in [-0.15, -0.1) is 0 Å². The Labute approximate surface area is 140 Å². The van der Waals surface area contributed by atoms with E-state index in [1.807, 2.05) is 9.80 Å². The normalized spacial score (nSPS) is 29.8. The summed E-state index contributed by atoms with van der Waals surface area (Å²) in [6, 6.07) is 0. The maximum Gasteiger partial charge on any atom is 0.225 e. The molecule has 23 heavy (non-hydrogen) atoms. The lowest BCUT2D eigenvalue weighted by Gasteiger charge is -2.36. The molecule has 0 bridgehead atoms. The van der Waals surface area contributed by atoms with E-state index in [4.69, 9.17) is 0 Å². The Morgan fingerprint density at radius 2 is 1.52 bits per heavy atom. The molecule has 3 aliphatic rings. The maximum atomic E-state index is 12.6. The van der Waals surface area contributed by atoms with Crippen LogP contribution in [0.4, 0.5) is 0 Å². The molecule has 3 fully saturated rings. The maximum absolute atomic E-state index is 12.6. The van der Waals surface area contributed by atoms with E-state index >= 15 is 0 Å². The summed E-state index contributed by atoms with van der Waals surface area (Å²) in [4.78, 5) is 29.0. The van der Waals surface area contributed by atoms with Crippen molar-refractivity contribution < 1.29 is 9.59 Å². The summed E-state index contributed by atoms with van der Waals surface area (Å²) in [6.45, 7) is 5.19. The van der Waals surface area contributed by atoms with Gasteiger partial charge in [0.25, 0.3) is 0 Å². The summed E-state index contributed by atoms with van der Waals surface area (Å²) < 4.78 is 0. The van der Waals surface area contributed by atoms with Gasteiger partial charge in [-0.2, -0.15) is 0 Å². The number of rotatable bonds is 3. The van der Waals surface area contributed by atoms with Crippen LogP contribution in [-0.2, 0) is 9.59 Å². The number of hydrogen-bond acceptors (Lipinski definition) is 2. The van der Waals surface area contributed by atoms with Crippen molar-refractivity contribution in [3.63, 3.8) is 0 Å². The third-order valence-corrected chi connectivity index (χ3v) is 6.18. The van der Waals surface area contributed by atoms with Crippen LogP contribution in [-0.4, -0.2) is 47.8 Å². The van der Waals surface area contributed by atoms with E-state index in [0.717, 1.165) is 45.4 Å². The molecule has 2 amide bonds. The molecule has 0 radical (unpaired) electrons. The van der Waals surface area contributed by atoms with Gasteiger partial charge in [-0.1, -0.05) is 26.2 Å². The van der Waals surface area contributed by atoms with Crippen molar-refractivity contribution in [3.05, 3.63) is 0 Å². The summed E-state index contributed by atoms with van der Waals surface area (Å²) >= 11 is 0. The second-order valence-corrected chi connectivity index (χ2v) is 8.03. The molecule has 2 saturated carbocycles. The van der Waals surface area contributed by atoms with E-state index in [1.54, 1.807) is 0 Å². The van der Waals surface area contributed by atoms with E-state index < -0.39 is 0 Å². The molecule has 0 aromatic carbocycles. The van der Waals surface area contributed by atoms with Gasteiger partial charge in [0.2, 0.25) is 11.8 Å². The number of amides is 2. The fraction of sp³-hybridized carbons (Fsp3) is 0.895. The molecule has 4 heteroatoms. The molecule has 3 rings (SSSR count). The standard InChI is InChI=1S/C19H32N2O2/c1-15-7-8-17(13-15)19(23)21-11-9-20(10-12-21)18(22)14-16-5-3-2-4-6-16/h15-17H,2-14H2,1H3/t15?,17-/m0/s1. The second-order valence-electron chi connectivity index (χ2n) is 8.03. The highest BCUT2D eigenvalue weighted by Gasteiger charge is 2.33. The van der Waals surface area contributed by atoms with Crippen molar-refractivity contribution in [2.45, 2.75) is 64.7 Å². The molecule has 0 aromatic rings. The predicted octanol–water partition coefficient (Wildman–Crippen LogP) is 3.06. The minimum atomic E-state index is 0.245. The van der Waals surface area contributed by atoms with Crippen LogP contribution in [0.3, 0.4) is 0 Å². The lowest BCUT2D eigenvalue weighted by Crippen LogP contribution is -2.52. The molecule has 0 aromatic heterocycles. The zero-order chi connectivity index (χ0) is 16.2. The number of nitrogens with zero attached hydrogens (tertiary/aromatic N) is 2. The molecule has 1 heterocycles. The Balaban J connectivity index is 1.42. The molecule has 4 nitrogen and oxygen atoms in total. The van der Waals surface area contributed by atoms with E-state index in [1.165, 1.54) is 38.5 Å². The highest BCUT2D eigenvalue weighted by atomic mass is 16.2. The van der Waals surface area contributed by atoms with Gasteiger partial charge in [0.05, 0.1) is 0 Å². The fourth-order valence-electron chi connectivity index (χ4n) is 4.63. The smallest absolute Gasteiger partial charge is 0.225 e. The highest BCUT2D eigenvalue weighted by molar-refractivity contribution is 5.80. The van der Waals surface area contributed by atoms with Crippen LogP contribution in [0.15, 0.2) is 0 Å². The molecule has 130 valence electrons. The third-order valence-electron chi connectivity index (χ3n) is 6.18. The summed E-state index contributed by atoms with van der Waals surface area (Å²) in [5.41, 5.74) is 0. The first-order chi connectivity index (χ1) is 11.1. The van der Waals surface area contributed by atoms with Gasteiger partial charge in [0.1, 0.15) is 0 Å². The van der Waals surface area contributed by atoms with Crippen LogP contribution in [0.25, 0.3) is 0 Å². The van der Waals surface area contributed by atoms with Crippen LogP contribution in [0.5, 0.6) is 0 Å². The van der Waals surface area contributed by atoms with E-state index in [9.17, 15) is 9.59 Å². The average Bonchev–Trinajstić information content (AvgIpc) is 3.02. The Morgan fingerprint density at radius 1 is 0.870 bits per heavy atom. The largest absolute Gasteiger partial charge is 0.339 e. The summed E-state index contributed by atoms with van der Waals surface area (Å²) in [7, 11) is 0. The van der Waals surface area contributed by atoms with Crippen molar-refractivity contribution in [2.75, 3.05) is 26.2 Å². The molecule has 0 N–H and O–H groups in total. The van der Waals surface area contributed by atoms with E-state index in [0.29, 0.717) is 23.7 Å². The van der Waals surface area contributed by atoms with Crippen LogP contribution in [0.1, 0.15) is 64.7 Å². The average molecular weight is 320 g/mol. The Morgan fingerprint density at radius 3 is 2.13 bits per heavy atom. The fourth-order valence-corrected chi connectivity index (χ4v) is 4.63. The van der Waals surface area contributed by atoms with Gasteiger partial charge in [-0.3, -0.25) is 9.59 Å². The minimum Gasteiger partial charge on any atom is -0.339 e. The number of carbonyl (C=O) groups excluding carboxylic acids is 2. The van der Waals surface area contributed by atoms with Crippen LogP contribution in [0.2, 0.25) is 0 Å². The van der Waals surface area contributed by atoms with Crippen LogP contribution < -0.4 is 0 Å². The number of piperazine rings is 1. The van der Waals surface area contributed by atoms with Crippen LogP contribution in [0, 0.1) is 17.8 Å². The first-order valence-corrected chi connectivity index (χ1v) is 9.70. The summed E-state index contributed by atoms with van der Waals surface area (Å²) in [6.07, 6.45) is 10.4. The lowest BCUT2D eigenvalue weighted by molar-refractivity contribution is -0.142. The number of hydrogen-bond donors (Lipinski definition) is 0. The molecular weight excluding hydrogens is 288 g/mol. The first-order valence-electron chi connectivity index (χ1n) is 9.70. The predicted molar refractivity (Wildman–Crippen MR) is 90.9 cm³/mol. The van der Waals surface area contributed by atoms with E-state index in [-0.39, 0.29) is 5.92 Å². The lowest BCUT2D eigenvalue weighted by atomic mass is 9.86. The van der Waals surface area contributed by atoms with E-state index in [2.05, 4.69) is 6.92 Å². The second kappa shape index (κ2) is 7.67. The molecule has 1 unspecified atom stereocenters. The summed E-state index contributed by atoms with van der Waals surface area (Å²) in [5.74, 6) is 2.21. The van der Waals surface area contributed by atoms with Gasteiger partial charge in [0, 0.05) is 38.5 Å². The topological polar surface area (TPSA) is 40.6 Å². The van der Waals surface area contributed by atoms with Crippen molar-refractivity contribution >= 4 is 11.8 Å². The molecule has 1 saturated heterocycles. The number of carbonyl (C=O) groups is 2. The molecule has 2 atom stereocenters. The Kier molecular flexibility index (Phi) is 5.60. The zero-order valence-electron chi connectivity index (χ0n) is 14.6. The zero-order valence-corrected chi connectivity index (χ0v) is 14.6. The molecule has 1 aliphatic heterocycles. The summed E-state index contributed by atoms with van der Waals surface area (Å²) in [5, 5.41) is 0. The van der Waals surface area contributed by atoms with Crippen molar-refractivity contribution in [2.24, 2.45) is 17.8 Å². The molecular formula is C19H32N2O2. The van der Waals surface area contributed by atoms with Crippen LogP contribution >= 0.6 is 0 Å². The Hall–Kier alpha value is -1.06. The Bertz CT molecular complexity index is 423. The highest BCUT2D eigenvalue weighted by Crippen LogP contribution is 2.32. The van der Waals surface area contributed by atoms with Gasteiger partial charge < -0.3 is 9.80 Å².